The molecule has 98 valence electrons. The molecule has 1 unspecified atom stereocenters. The highest BCUT2D eigenvalue weighted by atomic mass is 16.5. The molecule has 2 aliphatic heterocycles. The average molecular weight is 245 g/mol. The summed E-state index contributed by atoms with van der Waals surface area (Å²) in [6, 6.07) is 6.69. The Labute approximate surface area is 110 Å². The molecule has 2 heterocycles. The van der Waals surface area contributed by atoms with E-state index in [-0.39, 0.29) is 5.60 Å². The molecule has 1 N–H and O–H groups in total. The summed E-state index contributed by atoms with van der Waals surface area (Å²) in [6.45, 7) is 6.66. The first kappa shape index (κ1) is 12.0. The monoisotopic (exact) mass is 245 g/mol. The molecule has 2 heteroatoms. The van der Waals surface area contributed by atoms with Crippen molar-refractivity contribution >= 4 is 0 Å². The third kappa shape index (κ3) is 2.26. The van der Waals surface area contributed by atoms with Crippen molar-refractivity contribution in [3.8, 4) is 5.75 Å². The van der Waals surface area contributed by atoms with Gasteiger partial charge in [0.15, 0.2) is 0 Å². The van der Waals surface area contributed by atoms with Crippen LogP contribution in [0, 0.1) is 0 Å². The molecular formula is C16H23NO. The number of hydrogen-bond acceptors (Lipinski definition) is 2. The van der Waals surface area contributed by atoms with Crippen molar-refractivity contribution in [2.75, 3.05) is 13.1 Å². The van der Waals surface area contributed by atoms with Crippen molar-refractivity contribution in [3.63, 3.8) is 0 Å². The van der Waals surface area contributed by atoms with E-state index in [1.54, 1.807) is 0 Å². The number of nitrogens with one attached hydrogen (secondary N) is 1. The summed E-state index contributed by atoms with van der Waals surface area (Å²) in [7, 11) is 0. The molecule has 0 aromatic heterocycles. The molecule has 1 aromatic carbocycles. The van der Waals surface area contributed by atoms with E-state index in [4.69, 9.17) is 4.74 Å². The van der Waals surface area contributed by atoms with Crippen molar-refractivity contribution in [1.82, 2.24) is 5.32 Å². The van der Waals surface area contributed by atoms with Crippen molar-refractivity contribution < 1.29 is 4.74 Å². The summed E-state index contributed by atoms with van der Waals surface area (Å²) < 4.78 is 6.28. The van der Waals surface area contributed by atoms with Gasteiger partial charge in [0.05, 0.1) is 0 Å². The molecule has 1 saturated heterocycles. The van der Waals surface area contributed by atoms with Crippen LogP contribution in [0.1, 0.15) is 50.2 Å². The first-order valence-corrected chi connectivity index (χ1v) is 7.17. The highest BCUT2D eigenvalue weighted by Gasteiger charge is 2.30. The Bertz CT molecular complexity index is 433. The second-order valence-electron chi connectivity index (χ2n) is 6.24. The van der Waals surface area contributed by atoms with Crippen LogP contribution in [0.15, 0.2) is 18.2 Å². The van der Waals surface area contributed by atoms with Gasteiger partial charge < -0.3 is 10.1 Å². The molecule has 2 aliphatic rings. The van der Waals surface area contributed by atoms with Gasteiger partial charge in [0.1, 0.15) is 11.4 Å². The highest BCUT2D eigenvalue weighted by molar-refractivity contribution is 5.45. The topological polar surface area (TPSA) is 21.3 Å². The summed E-state index contributed by atoms with van der Waals surface area (Å²) in [5.74, 6) is 1.81. The average Bonchev–Trinajstić information content (AvgIpc) is 2.38. The van der Waals surface area contributed by atoms with Gasteiger partial charge in [-0.15, -0.1) is 0 Å². The maximum atomic E-state index is 6.28. The van der Waals surface area contributed by atoms with Crippen molar-refractivity contribution in [2.45, 2.75) is 51.0 Å². The first-order chi connectivity index (χ1) is 8.66. The molecule has 1 atom stereocenters. The maximum absolute atomic E-state index is 6.28. The second-order valence-corrected chi connectivity index (χ2v) is 6.24. The second kappa shape index (κ2) is 4.58. The predicted molar refractivity (Wildman–Crippen MR) is 74.3 cm³/mol. The molecule has 0 radical (unpaired) electrons. The molecule has 0 saturated carbocycles. The molecule has 0 amide bonds. The van der Waals surface area contributed by atoms with Crippen LogP contribution < -0.4 is 10.1 Å². The minimum absolute atomic E-state index is 0.00873. The van der Waals surface area contributed by atoms with Crippen LogP contribution in [-0.4, -0.2) is 18.7 Å². The number of benzene rings is 1. The molecule has 2 nitrogen and oxygen atoms in total. The predicted octanol–water partition coefficient (Wildman–Crippen LogP) is 3.26. The Morgan fingerprint density at radius 1 is 1.33 bits per heavy atom. The number of fused-ring (bicyclic) bond motifs is 1. The van der Waals surface area contributed by atoms with Gasteiger partial charge in [-0.3, -0.25) is 0 Å². The van der Waals surface area contributed by atoms with Crippen molar-refractivity contribution in [3.05, 3.63) is 29.3 Å². The normalized spacial score (nSPS) is 26.2. The van der Waals surface area contributed by atoms with Crippen LogP contribution >= 0.6 is 0 Å². The minimum atomic E-state index is -0.00873. The Morgan fingerprint density at radius 3 is 3.00 bits per heavy atom. The fourth-order valence-corrected chi connectivity index (χ4v) is 3.13. The summed E-state index contributed by atoms with van der Waals surface area (Å²) in [5.41, 5.74) is 2.82. The van der Waals surface area contributed by atoms with Gasteiger partial charge in [-0.1, -0.05) is 18.2 Å². The maximum Gasteiger partial charge on any atom is 0.126 e. The van der Waals surface area contributed by atoms with Gasteiger partial charge in [0.2, 0.25) is 0 Å². The molecule has 0 spiro atoms. The van der Waals surface area contributed by atoms with E-state index in [1.807, 2.05) is 0 Å². The summed E-state index contributed by atoms with van der Waals surface area (Å²) >= 11 is 0. The lowest BCUT2D eigenvalue weighted by molar-refractivity contribution is 0.0825. The van der Waals surface area contributed by atoms with Crippen LogP contribution in [0.4, 0.5) is 0 Å². The summed E-state index contributed by atoms with van der Waals surface area (Å²) in [4.78, 5) is 0. The molecule has 1 aromatic rings. The van der Waals surface area contributed by atoms with Crippen LogP contribution in [0.3, 0.4) is 0 Å². The number of hydrogen-bond donors (Lipinski definition) is 1. The highest BCUT2D eigenvalue weighted by Crippen LogP contribution is 2.40. The van der Waals surface area contributed by atoms with E-state index < -0.39 is 0 Å². The smallest absolute Gasteiger partial charge is 0.126 e. The third-order valence-corrected chi connectivity index (χ3v) is 4.24. The van der Waals surface area contributed by atoms with E-state index in [9.17, 15) is 0 Å². The lowest BCUT2D eigenvalue weighted by Gasteiger charge is -2.36. The van der Waals surface area contributed by atoms with Crippen LogP contribution in [0.25, 0.3) is 0 Å². The molecular weight excluding hydrogens is 222 g/mol. The van der Waals surface area contributed by atoms with Crippen molar-refractivity contribution in [2.24, 2.45) is 0 Å². The first-order valence-electron chi connectivity index (χ1n) is 7.17. The van der Waals surface area contributed by atoms with Gasteiger partial charge in [-0.25, -0.2) is 0 Å². The van der Waals surface area contributed by atoms with Crippen LogP contribution in [0.2, 0.25) is 0 Å². The number of aryl methyl sites for hydroxylation is 1. The Hall–Kier alpha value is -1.02. The fraction of sp³-hybridized carbons (Fsp3) is 0.625. The van der Waals surface area contributed by atoms with E-state index in [1.165, 1.54) is 29.7 Å². The van der Waals surface area contributed by atoms with Gasteiger partial charge in [0.25, 0.3) is 0 Å². The Kier molecular flexibility index (Phi) is 3.06. The number of ether oxygens (including phenoxy) is 1. The lowest BCUT2D eigenvalue weighted by Crippen LogP contribution is -2.34. The lowest BCUT2D eigenvalue weighted by atomic mass is 9.86. The molecule has 0 aliphatic carbocycles. The third-order valence-electron chi connectivity index (χ3n) is 4.24. The van der Waals surface area contributed by atoms with Crippen LogP contribution in [0.5, 0.6) is 5.75 Å². The Balaban J connectivity index is 1.95. The quantitative estimate of drug-likeness (QED) is 0.820. The van der Waals surface area contributed by atoms with E-state index >= 15 is 0 Å². The summed E-state index contributed by atoms with van der Waals surface area (Å²) in [6.07, 6.45) is 4.83. The van der Waals surface area contributed by atoms with Crippen LogP contribution in [-0.2, 0) is 6.42 Å². The van der Waals surface area contributed by atoms with E-state index in [2.05, 4.69) is 37.4 Å². The van der Waals surface area contributed by atoms with E-state index in [0.29, 0.717) is 5.92 Å². The Morgan fingerprint density at radius 2 is 2.22 bits per heavy atom. The SMILES string of the molecule is CC1(C)CCc2cccc(C3CCCNC3)c2O1. The fourth-order valence-electron chi connectivity index (χ4n) is 3.13. The summed E-state index contributed by atoms with van der Waals surface area (Å²) in [5, 5.41) is 3.51. The number of para-hydroxylation sites is 1. The zero-order valence-corrected chi connectivity index (χ0v) is 11.5. The van der Waals surface area contributed by atoms with Gasteiger partial charge >= 0.3 is 0 Å². The zero-order chi connectivity index (χ0) is 12.6. The van der Waals surface area contributed by atoms with Gasteiger partial charge in [-0.2, -0.15) is 0 Å². The van der Waals surface area contributed by atoms with Gasteiger partial charge in [-0.05, 0) is 57.2 Å². The zero-order valence-electron chi connectivity index (χ0n) is 11.5. The standard InChI is InChI=1S/C16H23NO/c1-16(2)9-8-12-5-3-7-14(15(12)18-16)13-6-4-10-17-11-13/h3,5,7,13,17H,4,6,8-11H2,1-2H3. The largest absolute Gasteiger partial charge is 0.487 e. The molecule has 1 fully saturated rings. The molecule has 18 heavy (non-hydrogen) atoms. The molecule has 3 rings (SSSR count). The number of rotatable bonds is 1. The molecule has 0 bridgehead atoms. The van der Waals surface area contributed by atoms with Crippen molar-refractivity contribution in [1.29, 1.82) is 0 Å². The van der Waals surface area contributed by atoms with Gasteiger partial charge in [0, 0.05) is 12.5 Å². The number of piperidine rings is 1. The van der Waals surface area contributed by atoms with E-state index in [0.717, 1.165) is 25.9 Å². The minimum Gasteiger partial charge on any atom is -0.487 e.